The van der Waals surface area contributed by atoms with Gasteiger partial charge in [-0.3, -0.25) is 4.79 Å². The van der Waals surface area contributed by atoms with Gasteiger partial charge in [-0.25, -0.2) is 4.98 Å². The molecule has 3 nitrogen and oxygen atoms in total. The van der Waals surface area contributed by atoms with E-state index in [-0.39, 0.29) is 5.56 Å². The van der Waals surface area contributed by atoms with Gasteiger partial charge in [0.2, 0.25) is 0 Å². The molecule has 0 atom stereocenters. The normalized spacial score (nSPS) is 11.2. The number of aromatic nitrogens is 2. The largest absolute Gasteiger partial charge is 0.310 e. The van der Waals surface area contributed by atoms with Gasteiger partial charge in [0, 0.05) is 11.4 Å². The highest BCUT2D eigenvalue weighted by molar-refractivity contribution is 6.31. The van der Waals surface area contributed by atoms with Gasteiger partial charge in [-0.2, -0.15) is 0 Å². The molecule has 0 unspecified atom stereocenters. The molecule has 0 fully saturated rings. The topological polar surface area (TPSA) is 45.8 Å². The number of aromatic amines is 1. The summed E-state index contributed by atoms with van der Waals surface area (Å²) in [6.45, 7) is 4.18. The van der Waals surface area contributed by atoms with Gasteiger partial charge in [-0.05, 0) is 24.1 Å². The molecule has 84 valence electrons. The van der Waals surface area contributed by atoms with Crippen LogP contribution in [0.2, 0.25) is 5.02 Å². The van der Waals surface area contributed by atoms with Gasteiger partial charge in [0.15, 0.2) is 0 Å². The van der Waals surface area contributed by atoms with Crippen molar-refractivity contribution in [2.75, 3.05) is 0 Å². The Hall–Kier alpha value is -1.35. The van der Waals surface area contributed by atoms with Crippen molar-refractivity contribution in [2.24, 2.45) is 5.92 Å². The maximum Gasteiger partial charge on any atom is 0.258 e. The van der Waals surface area contributed by atoms with Crippen molar-refractivity contribution in [3.05, 3.63) is 39.4 Å². The van der Waals surface area contributed by atoms with Crippen LogP contribution in [0.3, 0.4) is 0 Å². The number of benzene rings is 1. The summed E-state index contributed by atoms with van der Waals surface area (Å²) >= 11 is 5.83. The van der Waals surface area contributed by atoms with Gasteiger partial charge in [0.25, 0.3) is 5.56 Å². The average molecular weight is 237 g/mol. The van der Waals surface area contributed by atoms with Crippen LogP contribution >= 0.6 is 11.6 Å². The average Bonchev–Trinajstić information content (AvgIpc) is 2.18. The Balaban J connectivity index is 2.59. The Morgan fingerprint density at radius 1 is 1.44 bits per heavy atom. The first-order valence-electron chi connectivity index (χ1n) is 5.24. The number of rotatable bonds is 2. The van der Waals surface area contributed by atoms with Crippen molar-refractivity contribution in [1.29, 1.82) is 0 Å². The van der Waals surface area contributed by atoms with Crippen LogP contribution in [0.15, 0.2) is 23.0 Å². The van der Waals surface area contributed by atoms with Crippen LogP contribution in [0.4, 0.5) is 0 Å². The van der Waals surface area contributed by atoms with E-state index < -0.39 is 0 Å². The molecular weight excluding hydrogens is 224 g/mol. The Bertz CT molecular complexity index is 575. The molecule has 0 amide bonds. The van der Waals surface area contributed by atoms with Gasteiger partial charge in [-0.15, -0.1) is 0 Å². The monoisotopic (exact) mass is 236 g/mol. The Morgan fingerprint density at radius 3 is 2.88 bits per heavy atom. The molecule has 0 bridgehead atoms. The zero-order valence-corrected chi connectivity index (χ0v) is 10.0. The molecule has 0 aliphatic carbocycles. The lowest BCUT2D eigenvalue weighted by atomic mass is 10.1. The van der Waals surface area contributed by atoms with Gasteiger partial charge >= 0.3 is 0 Å². The lowest BCUT2D eigenvalue weighted by Crippen LogP contribution is -2.13. The number of hydrogen-bond donors (Lipinski definition) is 1. The molecule has 1 aromatic carbocycles. The predicted molar refractivity (Wildman–Crippen MR) is 65.9 cm³/mol. The maximum atomic E-state index is 11.8. The second-order valence-electron chi connectivity index (χ2n) is 4.27. The summed E-state index contributed by atoms with van der Waals surface area (Å²) in [5, 5.41) is 1.09. The highest BCUT2D eigenvalue weighted by Gasteiger charge is 2.05. The summed E-state index contributed by atoms with van der Waals surface area (Å²) < 4.78 is 0. The quantitative estimate of drug-likeness (QED) is 0.872. The molecule has 0 radical (unpaired) electrons. The Kier molecular flexibility index (Phi) is 2.97. The number of H-pyrrole nitrogens is 1. The second kappa shape index (κ2) is 4.26. The van der Waals surface area contributed by atoms with Gasteiger partial charge in [0.1, 0.15) is 5.82 Å². The second-order valence-corrected chi connectivity index (χ2v) is 4.71. The zero-order valence-electron chi connectivity index (χ0n) is 9.25. The van der Waals surface area contributed by atoms with Crippen LogP contribution < -0.4 is 5.56 Å². The van der Waals surface area contributed by atoms with E-state index in [4.69, 9.17) is 11.6 Å². The molecule has 0 spiro atoms. The molecule has 1 N–H and O–H groups in total. The Morgan fingerprint density at radius 2 is 2.19 bits per heavy atom. The third kappa shape index (κ3) is 2.25. The highest BCUT2D eigenvalue weighted by Crippen LogP contribution is 2.15. The maximum absolute atomic E-state index is 11.8. The summed E-state index contributed by atoms with van der Waals surface area (Å²) in [5.74, 6) is 1.20. The number of halogens is 1. The lowest BCUT2D eigenvalue weighted by molar-refractivity contribution is 0.621. The molecule has 1 heterocycles. The van der Waals surface area contributed by atoms with Crippen LogP contribution in [0.1, 0.15) is 19.7 Å². The molecule has 4 heteroatoms. The lowest BCUT2D eigenvalue weighted by Gasteiger charge is -2.05. The predicted octanol–water partition coefficient (Wildman–Crippen LogP) is 2.78. The first kappa shape index (κ1) is 11.1. The van der Waals surface area contributed by atoms with E-state index in [1.165, 1.54) is 0 Å². The molecule has 0 aliphatic rings. The smallest absolute Gasteiger partial charge is 0.258 e. The SMILES string of the molecule is CC(C)Cc1nc2ccc(Cl)cc2c(=O)[nH]1. The summed E-state index contributed by atoms with van der Waals surface area (Å²) in [4.78, 5) is 19.0. The third-order valence-electron chi connectivity index (χ3n) is 2.32. The van der Waals surface area contributed by atoms with E-state index in [0.29, 0.717) is 21.8 Å². The van der Waals surface area contributed by atoms with Gasteiger partial charge < -0.3 is 4.98 Å². The standard InChI is InChI=1S/C12H13ClN2O/c1-7(2)5-11-14-10-4-3-8(13)6-9(10)12(16)15-11/h3-4,6-7H,5H2,1-2H3,(H,14,15,16). The highest BCUT2D eigenvalue weighted by atomic mass is 35.5. The van der Waals surface area contributed by atoms with E-state index >= 15 is 0 Å². The fraction of sp³-hybridized carbons (Fsp3) is 0.333. The molecule has 1 aromatic heterocycles. The molecule has 2 aromatic rings. The van der Waals surface area contributed by atoms with Crippen molar-refractivity contribution >= 4 is 22.5 Å². The minimum Gasteiger partial charge on any atom is -0.310 e. The molecule has 0 saturated heterocycles. The van der Waals surface area contributed by atoms with Crippen molar-refractivity contribution in [1.82, 2.24) is 9.97 Å². The van der Waals surface area contributed by atoms with Crippen LogP contribution in [0.5, 0.6) is 0 Å². The molecule has 0 saturated carbocycles. The summed E-state index contributed by atoms with van der Waals surface area (Å²) in [6, 6.07) is 5.16. The van der Waals surface area contributed by atoms with E-state index in [1.54, 1.807) is 18.2 Å². The first-order valence-corrected chi connectivity index (χ1v) is 5.62. The molecule has 2 rings (SSSR count). The van der Waals surface area contributed by atoms with Crippen LogP contribution in [0, 0.1) is 5.92 Å². The zero-order chi connectivity index (χ0) is 11.7. The number of hydrogen-bond acceptors (Lipinski definition) is 2. The van der Waals surface area contributed by atoms with E-state index in [2.05, 4.69) is 23.8 Å². The minimum absolute atomic E-state index is 0.122. The van der Waals surface area contributed by atoms with E-state index in [0.717, 1.165) is 12.2 Å². The van der Waals surface area contributed by atoms with Crippen LogP contribution in [-0.2, 0) is 6.42 Å². The summed E-state index contributed by atoms with van der Waals surface area (Å²) in [5.41, 5.74) is 0.576. The fourth-order valence-corrected chi connectivity index (χ4v) is 1.81. The van der Waals surface area contributed by atoms with Crippen molar-refractivity contribution < 1.29 is 0 Å². The van der Waals surface area contributed by atoms with Crippen LogP contribution in [0.25, 0.3) is 10.9 Å². The van der Waals surface area contributed by atoms with Crippen molar-refractivity contribution in [3.8, 4) is 0 Å². The minimum atomic E-state index is -0.122. The third-order valence-corrected chi connectivity index (χ3v) is 2.55. The fourth-order valence-electron chi connectivity index (χ4n) is 1.64. The Labute approximate surface area is 98.5 Å². The number of nitrogens with zero attached hydrogens (tertiary/aromatic N) is 1. The van der Waals surface area contributed by atoms with E-state index in [1.807, 2.05) is 0 Å². The van der Waals surface area contributed by atoms with Crippen molar-refractivity contribution in [2.45, 2.75) is 20.3 Å². The molecule has 16 heavy (non-hydrogen) atoms. The van der Waals surface area contributed by atoms with Gasteiger partial charge in [0.05, 0.1) is 10.9 Å². The summed E-state index contributed by atoms with van der Waals surface area (Å²) in [6.07, 6.45) is 0.772. The number of fused-ring (bicyclic) bond motifs is 1. The summed E-state index contributed by atoms with van der Waals surface area (Å²) in [7, 11) is 0. The number of nitrogens with one attached hydrogen (secondary N) is 1. The molecular formula is C12H13ClN2O. The van der Waals surface area contributed by atoms with E-state index in [9.17, 15) is 4.79 Å². The van der Waals surface area contributed by atoms with Crippen LogP contribution in [-0.4, -0.2) is 9.97 Å². The molecule has 0 aliphatic heterocycles. The van der Waals surface area contributed by atoms with Crippen molar-refractivity contribution in [3.63, 3.8) is 0 Å². The van der Waals surface area contributed by atoms with Gasteiger partial charge in [-0.1, -0.05) is 25.4 Å². The first-order chi connectivity index (χ1) is 7.56.